The normalized spacial score (nSPS) is 24.9. The first-order valence-corrected chi connectivity index (χ1v) is 10.2. The third-order valence-corrected chi connectivity index (χ3v) is 6.84. The van der Waals surface area contributed by atoms with E-state index in [4.69, 9.17) is 0 Å². The van der Waals surface area contributed by atoms with Crippen LogP contribution in [0.5, 0.6) is 0 Å². The van der Waals surface area contributed by atoms with Gasteiger partial charge in [0.15, 0.2) is 0 Å². The van der Waals surface area contributed by atoms with Gasteiger partial charge < -0.3 is 10.2 Å². The maximum absolute atomic E-state index is 4.30. The van der Waals surface area contributed by atoms with Crippen molar-refractivity contribution in [2.24, 2.45) is 13.0 Å². The predicted molar refractivity (Wildman–Crippen MR) is 104 cm³/mol. The van der Waals surface area contributed by atoms with E-state index in [2.05, 4.69) is 45.8 Å². The number of hydrogen-bond acceptors (Lipinski definition) is 3. The average molecular weight is 351 g/mol. The minimum absolute atomic E-state index is 0.392. The van der Waals surface area contributed by atoms with E-state index in [0.717, 1.165) is 12.5 Å². The molecule has 2 fully saturated rings. The van der Waals surface area contributed by atoms with E-state index in [0.29, 0.717) is 11.5 Å². The highest BCUT2D eigenvalue weighted by molar-refractivity contribution is 5.42. The lowest BCUT2D eigenvalue weighted by Crippen LogP contribution is -2.42. The van der Waals surface area contributed by atoms with Crippen molar-refractivity contribution in [1.29, 1.82) is 0 Å². The van der Waals surface area contributed by atoms with Gasteiger partial charge in [-0.15, -0.1) is 0 Å². The number of fused-ring (bicyclic) bond motifs is 2. The maximum Gasteiger partial charge on any atom is 0.0534 e. The van der Waals surface area contributed by atoms with Crippen LogP contribution < -0.4 is 5.32 Å². The zero-order valence-corrected chi connectivity index (χ0v) is 15.8. The Labute approximate surface area is 156 Å². The van der Waals surface area contributed by atoms with Crippen LogP contribution >= 0.6 is 0 Å². The number of hydrogen-bond donors (Lipinski definition) is 1. The molecule has 1 atom stereocenters. The summed E-state index contributed by atoms with van der Waals surface area (Å²) in [5.74, 6) is 1.01. The lowest BCUT2D eigenvalue weighted by atomic mass is 9.73. The third kappa shape index (κ3) is 3.10. The zero-order valence-electron chi connectivity index (χ0n) is 15.8. The summed E-state index contributed by atoms with van der Waals surface area (Å²) in [5, 5.41) is 8.12. The summed E-state index contributed by atoms with van der Waals surface area (Å²) in [4.78, 5) is 2.72. The Hall–Kier alpha value is -1.65. The fourth-order valence-corrected chi connectivity index (χ4v) is 5.18. The highest BCUT2D eigenvalue weighted by Crippen LogP contribution is 2.51. The number of piperidine rings is 1. The summed E-state index contributed by atoms with van der Waals surface area (Å²) in [6, 6.07) is 9.67. The quantitative estimate of drug-likeness (QED) is 0.897. The minimum atomic E-state index is 0.392. The van der Waals surface area contributed by atoms with E-state index in [-0.39, 0.29) is 0 Å². The van der Waals surface area contributed by atoms with E-state index in [1.54, 1.807) is 5.56 Å². The molecule has 138 valence electrons. The van der Waals surface area contributed by atoms with Crippen molar-refractivity contribution in [3.8, 4) is 0 Å². The molecule has 1 aromatic heterocycles. The van der Waals surface area contributed by atoms with Gasteiger partial charge in [-0.05, 0) is 67.7 Å². The lowest BCUT2D eigenvalue weighted by Gasteiger charge is -2.40. The number of aromatic nitrogens is 2. The van der Waals surface area contributed by atoms with Crippen molar-refractivity contribution in [2.75, 3.05) is 19.6 Å². The van der Waals surface area contributed by atoms with Gasteiger partial charge in [-0.2, -0.15) is 5.10 Å². The summed E-state index contributed by atoms with van der Waals surface area (Å²) >= 11 is 0. The molecule has 2 aromatic rings. The summed E-state index contributed by atoms with van der Waals surface area (Å²) in [7, 11) is 1.98. The fourth-order valence-electron chi connectivity index (χ4n) is 5.18. The number of nitrogens with one attached hydrogen (secondary N) is 1. The van der Waals surface area contributed by atoms with Crippen molar-refractivity contribution in [2.45, 2.75) is 50.1 Å². The van der Waals surface area contributed by atoms with Gasteiger partial charge in [-0.25, -0.2) is 0 Å². The Bertz CT molecular complexity index is 768. The van der Waals surface area contributed by atoms with Crippen molar-refractivity contribution < 1.29 is 0 Å². The van der Waals surface area contributed by atoms with E-state index < -0.39 is 0 Å². The SMILES string of the molecule is Cn1cc(CN[C@@H]2CC3(CCN(CC4CC4)CC3)c3ccccc32)cn1. The molecular formula is C22H30N4. The van der Waals surface area contributed by atoms with Gasteiger partial charge in [0.25, 0.3) is 0 Å². The Morgan fingerprint density at radius 1 is 1.19 bits per heavy atom. The molecule has 0 bridgehead atoms. The van der Waals surface area contributed by atoms with E-state index in [1.807, 2.05) is 17.9 Å². The molecule has 1 aliphatic heterocycles. The Morgan fingerprint density at radius 3 is 2.73 bits per heavy atom. The standard InChI is InChI=1S/C22H30N4/c1-25-15-18(14-24-25)13-23-21-12-22(20-5-3-2-4-19(20)21)8-10-26(11-9-22)16-17-6-7-17/h2-5,14-15,17,21,23H,6-13,16H2,1H3/t21-/m1/s1. The minimum Gasteiger partial charge on any atom is -0.306 e. The summed E-state index contributed by atoms with van der Waals surface area (Å²) in [5.41, 5.74) is 4.82. The Kier molecular flexibility index (Phi) is 4.13. The second kappa shape index (κ2) is 6.50. The maximum atomic E-state index is 4.30. The molecule has 1 N–H and O–H groups in total. The number of aryl methyl sites for hydroxylation is 1. The third-order valence-electron chi connectivity index (χ3n) is 6.84. The molecule has 0 unspecified atom stereocenters. The Balaban J connectivity index is 1.30. The van der Waals surface area contributed by atoms with Gasteiger partial charge in [0.05, 0.1) is 6.20 Å². The molecule has 2 aliphatic carbocycles. The van der Waals surface area contributed by atoms with Crippen LogP contribution in [-0.2, 0) is 19.0 Å². The molecule has 26 heavy (non-hydrogen) atoms. The van der Waals surface area contributed by atoms with Crippen LogP contribution in [0.2, 0.25) is 0 Å². The number of benzene rings is 1. The topological polar surface area (TPSA) is 33.1 Å². The number of rotatable bonds is 5. The predicted octanol–water partition coefficient (Wildman–Crippen LogP) is 3.40. The van der Waals surface area contributed by atoms with Crippen molar-refractivity contribution in [1.82, 2.24) is 20.0 Å². The summed E-state index contributed by atoms with van der Waals surface area (Å²) in [6.07, 6.45) is 10.9. The van der Waals surface area contributed by atoms with E-state index in [1.165, 1.54) is 62.9 Å². The highest BCUT2D eigenvalue weighted by Gasteiger charge is 2.45. The van der Waals surface area contributed by atoms with Crippen molar-refractivity contribution in [3.05, 3.63) is 53.3 Å². The Morgan fingerprint density at radius 2 is 2.00 bits per heavy atom. The van der Waals surface area contributed by atoms with Gasteiger partial charge in [-0.1, -0.05) is 24.3 Å². The molecule has 0 amide bonds. The second-order valence-corrected chi connectivity index (χ2v) is 8.77. The van der Waals surface area contributed by atoms with Gasteiger partial charge in [0, 0.05) is 37.9 Å². The molecule has 1 spiro atoms. The van der Waals surface area contributed by atoms with Crippen molar-refractivity contribution in [3.63, 3.8) is 0 Å². The van der Waals surface area contributed by atoms with Crippen LogP contribution in [0.3, 0.4) is 0 Å². The average Bonchev–Trinajstić information content (AvgIpc) is 3.30. The first kappa shape index (κ1) is 16.5. The first-order valence-electron chi connectivity index (χ1n) is 10.2. The zero-order chi connectivity index (χ0) is 17.6. The van der Waals surface area contributed by atoms with Crippen molar-refractivity contribution >= 4 is 0 Å². The molecule has 1 saturated carbocycles. The van der Waals surface area contributed by atoms with Gasteiger partial charge in [0.1, 0.15) is 0 Å². The molecule has 4 heteroatoms. The molecular weight excluding hydrogens is 320 g/mol. The molecule has 2 heterocycles. The van der Waals surface area contributed by atoms with Crippen LogP contribution in [0.1, 0.15) is 54.8 Å². The monoisotopic (exact) mass is 350 g/mol. The van der Waals surface area contributed by atoms with Gasteiger partial charge in [-0.3, -0.25) is 4.68 Å². The van der Waals surface area contributed by atoms with E-state index >= 15 is 0 Å². The molecule has 0 radical (unpaired) electrons. The number of likely N-dealkylation sites (tertiary alicyclic amines) is 1. The molecule has 1 aromatic carbocycles. The van der Waals surface area contributed by atoms with E-state index in [9.17, 15) is 0 Å². The second-order valence-electron chi connectivity index (χ2n) is 8.77. The van der Waals surface area contributed by atoms with Crippen LogP contribution in [0.15, 0.2) is 36.7 Å². The van der Waals surface area contributed by atoms with Crippen LogP contribution in [0.25, 0.3) is 0 Å². The van der Waals surface area contributed by atoms with Gasteiger partial charge in [0.2, 0.25) is 0 Å². The molecule has 5 rings (SSSR count). The lowest BCUT2D eigenvalue weighted by molar-refractivity contribution is 0.147. The fraction of sp³-hybridized carbons (Fsp3) is 0.591. The summed E-state index contributed by atoms with van der Waals surface area (Å²) < 4.78 is 1.89. The highest BCUT2D eigenvalue weighted by atomic mass is 15.2. The molecule has 3 aliphatic rings. The summed E-state index contributed by atoms with van der Waals surface area (Å²) in [6.45, 7) is 4.80. The van der Waals surface area contributed by atoms with Crippen LogP contribution in [0.4, 0.5) is 0 Å². The van der Waals surface area contributed by atoms with Gasteiger partial charge >= 0.3 is 0 Å². The largest absolute Gasteiger partial charge is 0.306 e. The van der Waals surface area contributed by atoms with Crippen LogP contribution in [-0.4, -0.2) is 34.3 Å². The smallest absolute Gasteiger partial charge is 0.0534 e. The molecule has 4 nitrogen and oxygen atoms in total. The first-order chi connectivity index (χ1) is 12.7. The number of nitrogens with zero attached hydrogens (tertiary/aromatic N) is 3. The van der Waals surface area contributed by atoms with Crippen LogP contribution in [0, 0.1) is 5.92 Å². The molecule has 1 saturated heterocycles.